The minimum Gasteiger partial charge on any atom is -0.364 e. The number of aromatic nitrogens is 4. The molecule has 0 bridgehead atoms. The van der Waals surface area contributed by atoms with Gasteiger partial charge in [0, 0.05) is 32.6 Å². The van der Waals surface area contributed by atoms with Gasteiger partial charge in [-0.1, -0.05) is 0 Å². The highest BCUT2D eigenvalue weighted by atomic mass is 16.2. The van der Waals surface area contributed by atoms with Crippen molar-refractivity contribution in [1.82, 2.24) is 24.8 Å². The molecule has 3 rings (SSSR count). The molecule has 1 unspecified atom stereocenters. The Morgan fingerprint density at radius 2 is 2.33 bits per heavy atom. The summed E-state index contributed by atoms with van der Waals surface area (Å²) in [6, 6.07) is 0.184. The third-order valence-electron chi connectivity index (χ3n) is 3.59. The van der Waals surface area contributed by atoms with Gasteiger partial charge in [0.1, 0.15) is 5.52 Å². The number of carbonyl (C=O) groups excluding carboxylic acids is 1. The van der Waals surface area contributed by atoms with E-state index in [1.54, 1.807) is 11.2 Å². The number of imidazole rings is 1. The number of hydrogen-bond acceptors (Lipinski definition) is 6. The number of likely N-dealkylation sites (N-methyl/N-ethyl adjacent to an activating group) is 1. The molecule has 0 saturated carbocycles. The molecule has 112 valence electrons. The van der Waals surface area contributed by atoms with Gasteiger partial charge in [-0.2, -0.15) is 9.97 Å². The largest absolute Gasteiger partial charge is 0.364 e. The van der Waals surface area contributed by atoms with Crippen LogP contribution in [0, 0.1) is 0 Å². The van der Waals surface area contributed by atoms with E-state index in [0.29, 0.717) is 24.6 Å². The zero-order chi connectivity index (χ0) is 14.8. The molecule has 0 aromatic carbocycles. The normalized spacial score (nSPS) is 19.0. The number of aromatic amines is 1. The second kappa shape index (κ2) is 5.55. The van der Waals surface area contributed by atoms with Gasteiger partial charge in [-0.25, -0.2) is 4.98 Å². The summed E-state index contributed by atoms with van der Waals surface area (Å²) in [5, 5.41) is 6.51. The average molecular weight is 289 g/mol. The Bertz CT molecular complexity index is 653. The van der Waals surface area contributed by atoms with Crippen LogP contribution in [0.1, 0.15) is 19.8 Å². The zero-order valence-electron chi connectivity index (χ0n) is 12.2. The standard InChI is InChI=1S/C13H19N7O/c1-3-14-13-18-11-10(15-7-16-11)12(19-13)17-8-4-5-9(21)20(2)6-8/h7-8H,3-6H2,1-2H3,(H3,14,15,16,17,18,19). The maximum atomic E-state index is 11.5. The van der Waals surface area contributed by atoms with Crippen molar-refractivity contribution in [2.24, 2.45) is 0 Å². The number of fused-ring (bicyclic) bond motifs is 1. The van der Waals surface area contributed by atoms with E-state index in [1.165, 1.54) is 0 Å². The summed E-state index contributed by atoms with van der Waals surface area (Å²) < 4.78 is 0. The molecule has 0 spiro atoms. The summed E-state index contributed by atoms with van der Waals surface area (Å²) in [5.74, 6) is 1.47. The Morgan fingerprint density at radius 1 is 1.48 bits per heavy atom. The third-order valence-corrected chi connectivity index (χ3v) is 3.59. The molecule has 1 fully saturated rings. The average Bonchev–Trinajstić information content (AvgIpc) is 2.92. The lowest BCUT2D eigenvalue weighted by Gasteiger charge is -2.30. The summed E-state index contributed by atoms with van der Waals surface area (Å²) >= 11 is 0. The first kappa shape index (κ1) is 13.6. The topological polar surface area (TPSA) is 98.8 Å². The monoisotopic (exact) mass is 289 g/mol. The van der Waals surface area contributed by atoms with Gasteiger partial charge in [0.2, 0.25) is 11.9 Å². The second-order valence-electron chi connectivity index (χ2n) is 5.18. The lowest BCUT2D eigenvalue weighted by atomic mass is 10.1. The van der Waals surface area contributed by atoms with E-state index in [0.717, 1.165) is 24.3 Å². The molecular weight excluding hydrogens is 270 g/mol. The Morgan fingerprint density at radius 3 is 3.10 bits per heavy atom. The molecule has 21 heavy (non-hydrogen) atoms. The minimum atomic E-state index is 0.184. The number of H-pyrrole nitrogens is 1. The van der Waals surface area contributed by atoms with E-state index in [4.69, 9.17) is 0 Å². The first-order chi connectivity index (χ1) is 10.2. The predicted octanol–water partition coefficient (Wildman–Crippen LogP) is 0.817. The molecule has 3 heterocycles. The Labute approximate surface area is 122 Å². The molecular formula is C13H19N7O. The molecule has 1 aliphatic rings. The van der Waals surface area contributed by atoms with Crippen LogP contribution in [0.15, 0.2) is 6.33 Å². The van der Waals surface area contributed by atoms with E-state index in [9.17, 15) is 4.79 Å². The van der Waals surface area contributed by atoms with E-state index >= 15 is 0 Å². The second-order valence-corrected chi connectivity index (χ2v) is 5.18. The number of anilines is 2. The fraction of sp³-hybridized carbons (Fsp3) is 0.538. The van der Waals surface area contributed by atoms with Crippen LogP contribution < -0.4 is 10.6 Å². The van der Waals surface area contributed by atoms with E-state index in [1.807, 2.05) is 14.0 Å². The quantitative estimate of drug-likeness (QED) is 0.770. The number of likely N-dealkylation sites (tertiary alicyclic amines) is 1. The Balaban J connectivity index is 1.85. The molecule has 1 aliphatic heterocycles. The smallest absolute Gasteiger partial charge is 0.226 e. The number of carbonyl (C=O) groups is 1. The summed E-state index contributed by atoms with van der Waals surface area (Å²) in [4.78, 5) is 29.4. The van der Waals surface area contributed by atoms with Crippen LogP contribution in [-0.2, 0) is 4.79 Å². The molecule has 0 radical (unpaired) electrons. The summed E-state index contributed by atoms with van der Waals surface area (Å²) in [6.45, 7) is 3.41. The molecule has 1 saturated heterocycles. The molecule has 2 aromatic rings. The molecule has 1 amide bonds. The number of nitrogens with one attached hydrogen (secondary N) is 3. The first-order valence-electron chi connectivity index (χ1n) is 7.13. The van der Waals surface area contributed by atoms with Crippen molar-refractivity contribution in [3.05, 3.63) is 6.33 Å². The predicted molar refractivity (Wildman–Crippen MR) is 80.1 cm³/mol. The van der Waals surface area contributed by atoms with Crippen LogP contribution in [0.5, 0.6) is 0 Å². The Hall–Kier alpha value is -2.38. The zero-order valence-corrected chi connectivity index (χ0v) is 12.2. The van der Waals surface area contributed by atoms with Gasteiger partial charge in [0.25, 0.3) is 0 Å². The van der Waals surface area contributed by atoms with Gasteiger partial charge >= 0.3 is 0 Å². The van der Waals surface area contributed by atoms with Crippen LogP contribution in [0.2, 0.25) is 0 Å². The maximum Gasteiger partial charge on any atom is 0.226 e. The third kappa shape index (κ3) is 2.74. The molecule has 2 aromatic heterocycles. The summed E-state index contributed by atoms with van der Waals surface area (Å²) in [5.41, 5.74) is 1.42. The molecule has 8 nitrogen and oxygen atoms in total. The first-order valence-corrected chi connectivity index (χ1v) is 7.13. The van der Waals surface area contributed by atoms with Crippen LogP contribution in [-0.4, -0.2) is 56.9 Å². The van der Waals surface area contributed by atoms with Crippen molar-refractivity contribution in [3.63, 3.8) is 0 Å². The lowest BCUT2D eigenvalue weighted by Crippen LogP contribution is -2.43. The Kier molecular flexibility index (Phi) is 3.59. The number of rotatable bonds is 4. The minimum absolute atomic E-state index is 0.184. The van der Waals surface area contributed by atoms with Gasteiger partial charge in [0.05, 0.1) is 6.33 Å². The van der Waals surface area contributed by atoms with Crippen molar-refractivity contribution >= 4 is 28.8 Å². The van der Waals surface area contributed by atoms with Crippen LogP contribution in [0.3, 0.4) is 0 Å². The molecule has 8 heteroatoms. The number of piperidine rings is 1. The number of hydrogen-bond donors (Lipinski definition) is 3. The molecule has 3 N–H and O–H groups in total. The van der Waals surface area contributed by atoms with Gasteiger partial charge in [-0.3, -0.25) is 4.79 Å². The van der Waals surface area contributed by atoms with Gasteiger partial charge < -0.3 is 20.5 Å². The fourth-order valence-corrected chi connectivity index (χ4v) is 2.50. The van der Waals surface area contributed by atoms with Crippen LogP contribution in [0.4, 0.5) is 11.8 Å². The van der Waals surface area contributed by atoms with Gasteiger partial charge in [0.15, 0.2) is 11.5 Å². The van der Waals surface area contributed by atoms with E-state index < -0.39 is 0 Å². The number of nitrogens with zero attached hydrogens (tertiary/aromatic N) is 4. The van der Waals surface area contributed by atoms with Crippen molar-refractivity contribution < 1.29 is 4.79 Å². The van der Waals surface area contributed by atoms with E-state index in [2.05, 4.69) is 30.6 Å². The van der Waals surface area contributed by atoms with Crippen molar-refractivity contribution in [2.45, 2.75) is 25.8 Å². The summed E-state index contributed by atoms with van der Waals surface area (Å²) in [6.07, 6.45) is 2.97. The lowest BCUT2D eigenvalue weighted by molar-refractivity contribution is -0.132. The van der Waals surface area contributed by atoms with Gasteiger partial charge in [-0.15, -0.1) is 0 Å². The number of amides is 1. The van der Waals surface area contributed by atoms with E-state index in [-0.39, 0.29) is 11.9 Å². The highest BCUT2D eigenvalue weighted by Crippen LogP contribution is 2.21. The molecule has 1 atom stereocenters. The van der Waals surface area contributed by atoms with Crippen molar-refractivity contribution in [3.8, 4) is 0 Å². The summed E-state index contributed by atoms with van der Waals surface area (Å²) in [7, 11) is 1.83. The van der Waals surface area contributed by atoms with Crippen molar-refractivity contribution in [1.29, 1.82) is 0 Å². The maximum absolute atomic E-state index is 11.5. The van der Waals surface area contributed by atoms with Gasteiger partial charge in [-0.05, 0) is 13.3 Å². The highest BCUT2D eigenvalue weighted by Gasteiger charge is 2.24. The highest BCUT2D eigenvalue weighted by molar-refractivity contribution is 5.84. The van der Waals surface area contributed by atoms with Crippen LogP contribution in [0.25, 0.3) is 11.2 Å². The fourth-order valence-electron chi connectivity index (χ4n) is 2.50. The SMILES string of the molecule is CCNc1nc(NC2CCC(=O)N(C)C2)c2[nH]cnc2n1. The van der Waals surface area contributed by atoms with Crippen molar-refractivity contribution in [2.75, 3.05) is 30.8 Å². The van der Waals surface area contributed by atoms with Crippen LogP contribution >= 0.6 is 0 Å². The molecule has 0 aliphatic carbocycles.